The predicted octanol–water partition coefficient (Wildman–Crippen LogP) is 13.0. The normalized spacial score (nSPS) is 13.2. The lowest BCUT2D eigenvalue weighted by molar-refractivity contribution is 0.436. The molecule has 0 saturated heterocycles. The minimum absolute atomic E-state index is 0.636. The van der Waals surface area contributed by atoms with Crippen molar-refractivity contribution in [3.8, 4) is 62.2 Å². The minimum atomic E-state index is -0.636. The number of nitrogens with zero attached hydrogens (tertiary/aromatic N) is 3. The van der Waals surface area contributed by atoms with Crippen molar-refractivity contribution < 1.29 is 4.74 Å². The fraction of sp³-hybridized carbons (Fsp3) is 0.0189. The van der Waals surface area contributed by atoms with E-state index in [9.17, 15) is 0 Å². The molecule has 0 bridgehead atoms. The van der Waals surface area contributed by atoms with E-state index in [-0.39, 0.29) is 0 Å². The average Bonchev–Trinajstić information content (AvgIpc) is 3.77. The zero-order valence-electron chi connectivity index (χ0n) is 30.8. The topological polar surface area (TPSA) is 39.9 Å². The van der Waals surface area contributed by atoms with Gasteiger partial charge in [-0.2, -0.15) is 0 Å². The summed E-state index contributed by atoms with van der Waals surface area (Å²) in [6.45, 7) is 0. The summed E-state index contributed by atoms with van der Waals surface area (Å²) in [5.74, 6) is 2.43. The molecule has 3 heterocycles. The SMILES string of the molecule is c1ccc(-c2cc(-c3cccc4c3-c3cc(-n5c6ccccc6c6ccccc65)ccc3C43c4ccccc4Oc4ccccc43)nc(-c3ccccc3)n2)cc1. The van der Waals surface area contributed by atoms with Gasteiger partial charge in [0.25, 0.3) is 0 Å². The van der Waals surface area contributed by atoms with E-state index in [2.05, 4.69) is 180 Å². The summed E-state index contributed by atoms with van der Waals surface area (Å²) >= 11 is 0. The summed E-state index contributed by atoms with van der Waals surface area (Å²) in [5, 5.41) is 2.47. The fourth-order valence-corrected chi connectivity index (χ4v) is 9.55. The van der Waals surface area contributed by atoms with Crippen LogP contribution in [-0.2, 0) is 5.41 Å². The van der Waals surface area contributed by atoms with E-state index in [1.807, 2.05) is 24.3 Å². The molecule has 1 spiro atoms. The van der Waals surface area contributed by atoms with Crippen LogP contribution in [0.25, 0.3) is 72.5 Å². The van der Waals surface area contributed by atoms with Crippen molar-refractivity contribution in [1.82, 2.24) is 14.5 Å². The standard InChI is InChI=1S/C53H33N3O/c1-3-16-34(17-4-1)45-33-46(55-52(54-45)35-18-5-2-6-19-35)39-22-15-25-44-51(39)40-32-36(56-47-26-11-7-20-37(47)38-21-8-12-27-48(38)56)30-31-41(40)53(44)42-23-9-13-28-49(42)57-50-29-14-10-24-43(50)53/h1-33H. The fourth-order valence-electron chi connectivity index (χ4n) is 9.55. The molecule has 0 amide bonds. The Morgan fingerprint density at radius 2 is 0.965 bits per heavy atom. The number of benzene rings is 8. The first kappa shape index (κ1) is 31.8. The number of hydrogen-bond donors (Lipinski definition) is 0. The van der Waals surface area contributed by atoms with Crippen LogP contribution in [0.5, 0.6) is 11.5 Å². The van der Waals surface area contributed by atoms with Gasteiger partial charge < -0.3 is 9.30 Å². The largest absolute Gasteiger partial charge is 0.457 e. The van der Waals surface area contributed by atoms with Gasteiger partial charge >= 0.3 is 0 Å². The number of hydrogen-bond acceptors (Lipinski definition) is 3. The molecule has 266 valence electrons. The Bertz CT molecular complexity index is 3060. The van der Waals surface area contributed by atoms with Crippen LogP contribution in [-0.4, -0.2) is 14.5 Å². The Kier molecular flexibility index (Phi) is 6.81. The molecule has 10 aromatic rings. The maximum atomic E-state index is 6.69. The molecule has 0 unspecified atom stereocenters. The molecule has 57 heavy (non-hydrogen) atoms. The number of rotatable bonds is 4. The Hall–Kier alpha value is -7.56. The summed E-state index contributed by atoms with van der Waals surface area (Å²) in [5.41, 5.74) is 14.7. The van der Waals surface area contributed by atoms with Crippen LogP contribution in [0.1, 0.15) is 22.3 Å². The molecule has 8 aromatic carbocycles. The van der Waals surface area contributed by atoms with Crippen LogP contribution in [0, 0.1) is 0 Å². The third-order valence-corrected chi connectivity index (χ3v) is 11.9. The lowest BCUT2D eigenvalue weighted by atomic mass is 9.66. The van der Waals surface area contributed by atoms with Gasteiger partial charge in [-0.25, -0.2) is 9.97 Å². The number of aromatic nitrogens is 3. The van der Waals surface area contributed by atoms with E-state index in [1.165, 1.54) is 44.1 Å². The second-order valence-corrected chi connectivity index (χ2v) is 14.9. The summed E-state index contributed by atoms with van der Waals surface area (Å²) in [6.07, 6.45) is 0. The zero-order chi connectivity index (χ0) is 37.5. The second-order valence-electron chi connectivity index (χ2n) is 14.9. The third kappa shape index (κ3) is 4.56. The van der Waals surface area contributed by atoms with Gasteiger partial charge in [0.15, 0.2) is 5.82 Å². The van der Waals surface area contributed by atoms with E-state index in [1.54, 1.807) is 0 Å². The Morgan fingerprint density at radius 1 is 0.404 bits per heavy atom. The molecule has 2 aromatic heterocycles. The lowest BCUT2D eigenvalue weighted by Crippen LogP contribution is -2.32. The van der Waals surface area contributed by atoms with Gasteiger partial charge in [0.05, 0.1) is 27.8 Å². The van der Waals surface area contributed by atoms with E-state index in [0.29, 0.717) is 5.82 Å². The molecule has 12 rings (SSSR count). The van der Waals surface area contributed by atoms with Crippen molar-refractivity contribution in [3.63, 3.8) is 0 Å². The third-order valence-electron chi connectivity index (χ3n) is 11.9. The zero-order valence-corrected chi connectivity index (χ0v) is 30.8. The summed E-state index contributed by atoms with van der Waals surface area (Å²) in [6, 6.07) is 71.2. The molecule has 0 fully saturated rings. The molecule has 0 N–H and O–H groups in total. The molecule has 1 aliphatic carbocycles. The first-order valence-corrected chi connectivity index (χ1v) is 19.4. The van der Waals surface area contributed by atoms with Crippen molar-refractivity contribution in [3.05, 3.63) is 222 Å². The summed E-state index contributed by atoms with van der Waals surface area (Å²) in [7, 11) is 0. The quantitative estimate of drug-likeness (QED) is 0.181. The van der Waals surface area contributed by atoms with E-state index in [4.69, 9.17) is 14.7 Å². The van der Waals surface area contributed by atoms with Gasteiger partial charge in [-0.3, -0.25) is 0 Å². The van der Waals surface area contributed by atoms with Crippen molar-refractivity contribution in [1.29, 1.82) is 0 Å². The van der Waals surface area contributed by atoms with Crippen LogP contribution in [0.2, 0.25) is 0 Å². The monoisotopic (exact) mass is 727 g/mol. The van der Waals surface area contributed by atoms with Crippen molar-refractivity contribution in [2.75, 3.05) is 0 Å². The van der Waals surface area contributed by atoms with Gasteiger partial charge in [-0.05, 0) is 64.7 Å². The first-order valence-electron chi connectivity index (χ1n) is 19.4. The van der Waals surface area contributed by atoms with Crippen molar-refractivity contribution in [2.24, 2.45) is 0 Å². The molecule has 0 atom stereocenters. The van der Waals surface area contributed by atoms with Gasteiger partial charge in [0, 0.05) is 44.3 Å². The minimum Gasteiger partial charge on any atom is -0.457 e. The Morgan fingerprint density at radius 3 is 1.65 bits per heavy atom. The van der Waals surface area contributed by atoms with Gasteiger partial charge in [-0.15, -0.1) is 0 Å². The molecule has 4 heteroatoms. The molecule has 4 nitrogen and oxygen atoms in total. The molecule has 1 aliphatic heterocycles. The molecule has 0 saturated carbocycles. The number of para-hydroxylation sites is 4. The predicted molar refractivity (Wildman–Crippen MR) is 230 cm³/mol. The van der Waals surface area contributed by atoms with E-state index in [0.717, 1.165) is 56.4 Å². The second kappa shape index (κ2) is 12.2. The highest BCUT2D eigenvalue weighted by Crippen LogP contribution is 2.63. The van der Waals surface area contributed by atoms with Gasteiger partial charge in [0.2, 0.25) is 0 Å². The number of ether oxygens (including phenoxy) is 1. The summed E-state index contributed by atoms with van der Waals surface area (Å²) < 4.78 is 9.11. The van der Waals surface area contributed by atoms with Crippen LogP contribution >= 0.6 is 0 Å². The highest BCUT2D eigenvalue weighted by atomic mass is 16.5. The van der Waals surface area contributed by atoms with Crippen molar-refractivity contribution >= 4 is 21.8 Å². The highest BCUT2D eigenvalue weighted by molar-refractivity contribution is 6.09. The van der Waals surface area contributed by atoms with Crippen LogP contribution < -0.4 is 4.74 Å². The highest BCUT2D eigenvalue weighted by Gasteiger charge is 2.51. The molecular formula is C53H33N3O. The Labute approximate surface area is 330 Å². The first-order chi connectivity index (χ1) is 28.3. The molecule has 2 aliphatic rings. The molecular weight excluding hydrogens is 695 g/mol. The Balaban J connectivity index is 1.20. The maximum Gasteiger partial charge on any atom is 0.160 e. The number of fused-ring (bicyclic) bond motifs is 12. The van der Waals surface area contributed by atoms with Crippen LogP contribution in [0.3, 0.4) is 0 Å². The summed E-state index contributed by atoms with van der Waals surface area (Å²) in [4.78, 5) is 10.5. The smallest absolute Gasteiger partial charge is 0.160 e. The molecule has 0 radical (unpaired) electrons. The average molecular weight is 728 g/mol. The van der Waals surface area contributed by atoms with Gasteiger partial charge in [-0.1, -0.05) is 158 Å². The maximum absolute atomic E-state index is 6.69. The lowest BCUT2D eigenvalue weighted by Gasteiger charge is -2.39. The van der Waals surface area contributed by atoms with Gasteiger partial charge in [0.1, 0.15) is 11.5 Å². The van der Waals surface area contributed by atoms with E-state index < -0.39 is 5.41 Å². The van der Waals surface area contributed by atoms with Crippen molar-refractivity contribution in [2.45, 2.75) is 5.41 Å². The van der Waals surface area contributed by atoms with Crippen LogP contribution in [0.4, 0.5) is 0 Å². The van der Waals surface area contributed by atoms with Crippen LogP contribution in [0.15, 0.2) is 200 Å². The van der Waals surface area contributed by atoms with E-state index >= 15 is 0 Å².